The number of methoxy groups -OCH3 is 2. The van der Waals surface area contributed by atoms with Crippen LogP contribution >= 0.6 is 0 Å². The molecule has 0 aromatic heterocycles. The van der Waals surface area contributed by atoms with E-state index in [9.17, 15) is 14.4 Å². The lowest BCUT2D eigenvalue weighted by atomic mass is 9.91. The summed E-state index contributed by atoms with van der Waals surface area (Å²) in [6, 6.07) is 0. The predicted molar refractivity (Wildman–Crippen MR) is 103 cm³/mol. The molecule has 0 aromatic rings. The Balaban J connectivity index is 0.000000838. The van der Waals surface area contributed by atoms with Crippen molar-refractivity contribution in [3.63, 3.8) is 0 Å². The number of likely N-dealkylation sites (N-methyl/N-ethyl adjacent to an activating group) is 1. The maximum Gasteiger partial charge on any atom is 0.404 e. The Kier molecular flexibility index (Phi) is 9.74. The highest BCUT2D eigenvalue weighted by Gasteiger charge is 2.49. The summed E-state index contributed by atoms with van der Waals surface area (Å²) >= 11 is 0. The van der Waals surface area contributed by atoms with Gasteiger partial charge in [0.1, 0.15) is 5.72 Å². The van der Waals surface area contributed by atoms with Gasteiger partial charge in [0, 0.05) is 38.1 Å². The molecule has 154 valence electrons. The van der Waals surface area contributed by atoms with Gasteiger partial charge in [-0.3, -0.25) is 9.59 Å². The molecule has 5 N–H and O–H groups in total. The third kappa shape index (κ3) is 5.08. The van der Waals surface area contributed by atoms with Crippen LogP contribution < -0.4 is 16.8 Å². The molecule has 0 spiro atoms. The number of hydrogen-bond acceptors (Lipinski definition) is 8. The highest BCUT2D eigenvalue weighted by atomic mass is 16.5. The molecule has 1 amide bonds. The summed E-state index contributed by atoms with van der Waals surface area (Å²) in [7, 11) is 6.47. The van der Waals surface area contributed by atoms with Gasteiger partial charge in [-0.05, 0) is 20.5 Å². The summed E-state index contributed by atoms with van der Waals surface area (Å²) in [6.07, 6.45) is 0.309. The normalized spacial score (nSPS) is 21.2. The molecule has 9 heteroatoms. The average Bonchev–Trinajstić information content (AvgIpc) is 2.98. The Bertz CT molecular complexity index is 642. The summed E-state index contributed by atoms with van der Waals surface area (Å²) < 4.78 is 9.54. The number of primary amides is 1. The van der Waals surface area contributed by atoms with Crippen molar-refractivity contribution in [3.05, 3.63) is 22.5 Å². The van der Waals surface area contributed by atoms with Gasteiger partial charge in [0.25, 0.3) is 0 Å². The Labute approximate surface area is 160 Å². The lowest BCUT2D eigenvalue weighted by Crippen LogP contribution is -2.46. The van der Waals surface area contributed by atoms with Gasteiger partial charge >= 0.3 is 6.09 Å². The third-order valence-electron chi connectivity index (χ3n) is 4.51. The number of Topliss-reactive ketones (excluding diaryl/α,β-unsaturated/α-hetero) is 2. The van der Waals surface area contributed by atoms with Gasteiger partial charge in [0.15, 0.2) is 0 Å². The predicted octanol–water partition coefficient (Wildman–Crippen LogP) is 0.650. The van der Waals surface area contributed by atoms with Gasteiger partial charge in [0.05, 0.1) is 18.5 Å². The number of allylic oxidation sites excluding steroid dienone is 2. The third-order valence-corrected chi connectivity index (χ3v) is 4.51. The van der Waals surface area contributed by atoms with Crippen LogP contribution in [0.2, 0.25) is 0 Å². The van der Waals surface area contributed by atoms with Crippen molar-refractivity contribution in [1.29, 1.82) is 0 Å². The van der Waals surface area contributed by atoms with Crippen LogP contribution in [-0.2, 0) is 19.1 Å². The summed E-state index contributed by atoms with van der Waals surface area (Å²) in [5.74, 6) is -0.421. The summed E-state index contributed by atoms with van der Waals surface area (Å²) in [4.78, 5) is 35.8. The molecular weight excluding hydrogens is 352 g/mol. The van der Waals surface area contributed by atoms with Gasteiger partial charge in [-0.25, -0.2) is 4.79 Å². The van der Waals surface area contributed by atoms with Crippen LogP contribution in [0.25, 0.3) is 0 Å². The van der Waals surface area contributed by atoms with E-state index < -0.39 is 11.8 Å². The number of ether oxygens (including phenoxy) is 2. The SMILES string of the molecule is CC.CNCCC1(OC)CC2=C(C(=O)C(C)=C(N)C2=O)N1C.COC(N)=O. The van der Waals surface area contributed by atoms with Gasteiger partial charge in [0.2, 0.25) is 11.6 Å². The van der Waals surface area contributed by atoms with E-state index in [-0.39, 0.29) is 17.3 Å². The number of rotatable bonds is 4. The molecule has 1 heterocycles. The standard InChI is InChI=1S/C14H21N3O3.C2H5NO2.C2H6/c1-8-10(15)13(19)9-7-14(20-4,5-6-16-2)17(3)11(9)12(8)18;1-5-2(3)4;1-2/h16H,5-7,15H2,1-4H3;1H3,(H2,3,4);1-2H3. The molecule has 0 saturated carbocycles. The Hall–Kier alpha value is -2.39. The van der Waals surface area contributed by atoms with Crippen LogP contribution in [0.1, 0.15) is 33.6 Å². The maximum absolute atomic E-state index is 12.4. The first-order valence-electron chi connectivity index (χ1n) is 8.72. The van der Waals surface area contributed by atoms with E-state index in [1.807, 2.05) is 20.9 Å². The topological polar surface area (TPSA) is 137 Å². The van der Waals surface area contributed by atoms with Crippen LogP contribution in [0.3, 0.4) is 0 Å². The maximum atomic E-state index is 12.4. The lowest BCUT2D eigenvalue weighted by Gasteiger charge is -2.37. The average molecular weight is 384 g/mol. The van der Waals surface area contributed by atoms with Crippen molar-refractivity contribution < 1.29 is 23.9 Å². The molecule has 2 rings (SSSR count). The first-order chi connectivity index (χ1) is 12.7. The first kappa shape index (κ1) is 24.6. The minimum absolute atomic E-state index is 0.0580. The number of nitrogens with zero attached hydrogens (tertiary/aromatic N) is 1. The quantitative estimate of drug-likeness (QED) is 0.601. The van der Waals surface area contributed by atoms with Crippen LogP contribution in [0.4, 0.5) is 4.79 Å². The first-order valence-corrected chi connectivity index (χ1v) is 8.72. The number of carbonyl (C=O) groups excluding carboxylic acids is 3. The summed E-state index contributed by atoms with van der Waals surface area (Å²) in [5, 5.41) is 3.07. The zero-order chi connectivity index (χ0) is 21.4. The monoisotopic (exact) mass is 384 g/mol. The molecule has 1 unspecified atom stereocenters. The highest BCUT2D eigenvalue weighted by Crippen LogP contribution is 2.42. The lowest BCUT2D eigenvalue weighted by molar-refractivity contribution is -0.123. The van der Waals surface area contributed by atoms with Crippen molar-refractivity contribution >= 4 is 17.7 Å². The second kappa shape index (κ2) is 10.7. The molecule has 1 aliphatic heterocycles. The Morgan fingerprint density at radius 3 is 2.19 bits per heavy atom. The molecule has 1 aliphatic carbocycles. The fourth-order valence-electron chi connectivity index (χ4n) is 2.88. The van der Waals surface area contributed by atoms with E-state index >= 15 is 0 Å². The molecule has 27 heavy (non-hydrogen) atoms. The summed E-state index contributed by atoms with van der Waals surface area (Å²) in [5.41, 5.74) is 10.8. The van der Waals surface area contributed by atoms with E-state index in [4.69, 9.17) is 10.5 Å². The molecule has 0 fully saturated rings. The number of ketones is 2. The van der Waals surface area contributed by atoms with Crippen molar-refractivity contribution in [2.24, 2.45) is 11.5 Å². The second-order valence-electron chi connectivity index (χ2n) is 5.79. The summed E-state index contributed by atoms with van der Waals surface area (Å²) in [6.45, 7) is 6.32. The van der Waals surface area contributed by atoms with E-state index in [0.29, 0.717) is 29.7 Å². The van der Waals surface area contributed by atoms with Crippen molar-refractivity contribution in [2.45, 2.75) is 39.3 Å². The fourth-order valence-corrected chi connectivity index (χ4v) is 2.88. The Morgan fingerprint density at radius 2 is 1.78 bits per heavy atom. The minimum Gasteiger partial charge on any atom is -0.453 e. The molecule has 2 aliphatic rings. The van der Waals surface area contributed by atoms with Crippen molar-refractivity contribution in [2.75, 3.05) is 34.9 Å². The molecule has 0 saturated heterocycles. The number of hydrogen-bond donors (Lipinski definition) is 3. The van der Waals surface area contributed by atoms with Crippen LogP contribution in [0, 0.1) is 0 Å². The van der Waals surface area contributed by atoms with Gasteiger partial charge in [-0.2, -0.15) is 0 Å². The molecule has 1 atom stereocenters. The molecule has 9 nitrogen and oxygen atoms in total. The molecule has 0 aromatic carbocycles. The van der Waals surface area contributed by atoms with E-state index in [2.05, 4.69) is 15.8 Å². The number of amides is 1. The highest BCUT2D eigenvalue weighted by molar-refractivity contribution is 6.25. The number of nitrogens with two attached hydrogens (primary N) is 2. The number of carbonyl (C=O) groups is 3. The van der Waals surface area contributed by atoms with E-state index in [1.54, 1.807) is 26.0 Å². The van der Waals surface area contributed by atoms with Gasteiger partial charge < -0.3 is 31.2 Å². The minimum atomic E-state index is -0.745. The van der Waals surface area contributed by atoms with E-state index in [1.165, 1.54) is 7.11 Å². The largest absolute Gasteiger partial charge is 0.453 e. The van der Waals surface area contributed by atoms with Crippen LogP contribution in [-0.4, -0.2) is 63.1 Å². The smallest absolute Gasteiger partial charge is 0.404 e. The fraction of sp³-hybridized carbons (Fsp3) is 0.611. The van der Waals surface area contributed by atoms with Gasteiger partial charge in [-0.1, -0.05) is 13.8 Å². The second-order valence-corrected chi connectivity index (χ2v) is 5.79. The zero-order valence-electron chi connectivity index (χ0n) is 17.3. The number of nitrogens with one attached hydrogen (secondary N) is 1. The molecule has 0 radical (unpaired) electrons. The zero-order valence-corrected chi connectivity index (χ0v) is 17.3. The molecule has 0 bridgehead atoms. The Morgan fingerprint density at radius 1 is 1.26 bits per heavy atom. The van der Waals surface area contributed by atoms with Gasteiger partial charge in [-0.15, -0.1) is 0 Å². The van der Waals surface area contributed by atoms with Crippen molar-refractivity contribution in [1.82, 2.24) is 10.2 Å². The van der Waals surface area contributed by atoms with E-state index in [0.717, 1.165) is 6.54 Å². The molecular formula is C18H32N4O5. The van der Waals surface area contributed by atoms with Crippen molar-refractivity contribution in [3.8, 4) is 0 Å². The van der Waals surface area contributed by atoms with Crippen LogP contribution in [0.5, 0.6) is 0 Å². The van der Waals surface area contributed by atoms with Crippen LogP contribution in [0.15, 0.2) is 22.5 Å².